The number of thioether (sulfide) groups is 1. The van der Waals surface area contributed by atoms with E-state index in [2.05, 4.69) is 20.8 Å². The minimum Gasteiger partial charge on any atom is -0.465 e. The summed E-state index contributed by atoms with van der Waals surface area (Å²) >= 11 is 2.74. The Bertz CT molecular complexity index is 891. The highest BCUT2D eigenvalue weighted by molar-refractivity contribution is 7.99. The molecular formula is C18H23N5O4S2. The summed E-state index contributed by atoms with van der Waals surface area (Å²) in [6.07, 6.45) is 6.08. The number of hydrogen-bond acceptors (Lipinski definition) is 9. The van der Waals surface area contributed by atoms with E-state index in [1.54, 1.807) is 4.68 Å². The number of ether oxygens (including phenoxy) is 2. The van der Waals surface area contributed by atoms with Crippen molar-refractivity contribution in [3.05, 3.63) is 16.0 Å². The number of rotatable bonds is 7. The molecule has 1 atom stereocenters. The molecule has 0 saturated carbocycles. The van der Waals surface area contributed by atoms with Gasteiger partial charge >= 0.3 is 5.97 Å². The average Bonchev–Trinajstić information content (AvgIpc) is 3.46. The molecule has 1 fully saturated rings. The number of anilines is 1. The van der Waals surface area contributed by atoms with Crippen LogP contribution in [0.1, 0.15) is 46.5 Å². The zero-order chi connectivity index (χ0) is 20.2. The normalized spacial score (nSPS) is 18.4. The lowest BCUT2D eigenvalue weighted by molar-refractivity contribution is -0.113. The molecule has 2 aliphatic rings. The minimum absolute atomic E-state index is 0.117. The monoisotopic (exact) mass is 437 g/mol. The van der Waals surface area contributed by atoms with Crippen molar-refractivity contribution in [2.45, 2.75) is 56.3 Å². The molecule has 3 heterocycles. The van der Waals surface area contributed by atoms with Crippen molar-refractivity contribution < 1.29 is 19.1 Å². The highest BCUT2D eigenvalue weighted by atomic mass is 32.2. The number of aromatic nitrogens is 4. The maximum Gasteiger partial charge on any atom is 0.341 e. The van der Waals surface area contributed by atoms with Crippen molar-refractivity contribution in [3.63, 3.8) is 0 Å². The van der Waals surface area contributed by atoms with Crippen LogP contribution < -0.4 is 5.32 Å². The zero-order valence-electron chi connectivity index (χ0n) is 16.2. The van der Waals surface area contributed by atoms with Gasteiger partial charge in [0.05, 0.1) is 31.1 Å². The van der Waals surface area contributed by atoms with E-state index in [1.807, 2.05) is 0 Å². The third kappa shape index (κ3) is 4.62. The summed E-state index contributed by atoms with van der Waals surface area (Å²) < 4.78 is 12.3. The number of thiophene rings is 1. The number of nitrogens with one attached hydrogen (secondary N) is 1. The predicted octanol–water partition coefficient (Wildman–Crippen LogP) is 2.31. The van der Waals surface area contributed by atoms with Gasteiger partial charge in [-0.1, -0.05) is 11.8 Å². The first-order valence-corrected chi connectivity index (χ1v) is 11.5. The number of aryl methyl sites for hydroxylation is 1. The Morgan fingerprint density at radius 3 is 3.00 bits per heavy atom. The molecule has 29 heavy (non-hydrogen) atoms. The smallest absolute Gasteiger partial charge is 0.341 e. The standard InChI is InChI=1S/C18H23N5O4S2/c1-26-17(25)15-12-6-2-3-7-13(12)29-16(15)19-14(24)10-28-18-20-21-22-23(18)9-11-5-4-8-27-11/h11H,2-10H2,1H3,(H,19,24). The fourth-order valence-electron chi connectivity index (χ4n) is 3.66. The lowest BCUT2D eigenvalue weighted by Crippen LogP contribution is -2.19. The second-order valence-corrected chi connectivity index (χ2v) is 9.07. The predicted molar refractivity (Wildman–Crippen MR) is 108 cm³/mol. The number of carbonyl (C=O) groups excluding carboxylic acids is 2. The molecule has 156 valence electrons. The SMILES string of the molecule is COC(=O)c1c(NC(=O)CSc2nnnn2CC2CCCO2)sc2c1CCCC2. The van der Waals surface area contributed by atoms with Crippen LogP contribution in [-0.2, 0) is 33.7 Å². The molecule has 0 radical (unpaired) electrons. The van der Waals surface area contributed by atoms with Crippen LogP contribution in [0.4, 0.5) is 5.00 Å². The highest BCUT2D eigenvalue weighted by Gasteiger charge is 2.27. The number of fused-ring (bicyclic) bond motifs is 1. The molecule has 2 aromatic heterocycles. The maximum atomic E-state index is 12.6. The van der Waals surface area contributed by atoms with Crippen molar-refractivity contribution in [2.75, 3.05) is 24.8 Å². The minimum atomic E-state index is -0.396. The fourth-order valence-corrected chi connectivity index (χ4v) is 5.64. The van der Waals surface area contributed by atoms with Crippen LogP contribution in [-0.4, -0.2) is 57.7 Å². The van der Waals surface area contributed by atoms with Crippen LogP contribution >= 0.6 is 23.1 Å². The Balaban J connectivity index is 1.40. The van der Waals surface area contributed by atoms with E-state index in [9.17, 15) is 9.59 Å². The number of carbonyl (C=O) groups is 2. The van der Waals surface area contributed by atoms with E-state index in [0.29, 0.717) is 22.3 Å². The molecule has 1 aliphatic carbocycles. The molecule has 1 N–H and O–H groups in total. The molecule has 9 nitrogen and oxygen atoms in total. The fraction of sp³-hybridized carbons (Fsp3) is 0.611. The summed E-state index contributed by atoms with van der Waals surface area (Å²) in [6.45, 7) is 1.35. The molecule has 4 rings (SSSR count). The van der Waals surface area contributed by atoms with Crippen molar-refractivity contribution in [1.29, 1.82) is 0 Å². The van der Waals surface area contributed by atoms with Gasteiger partial charge in [0.2, 0.25) is 11.1 Å². The van der Waals surface area contributed by atoms with Gasteiger partial charge in [-0.2, -0.15) is 0 Å². The number of tetrazole rings is 1. The van der Waals surface area contributed by atoms with Crippen LogP contribution in [0.2, 0.25) is 0 Å². The van der Waals surface area contributed by atoms with Gasteiger partial charge in [0.1, 0.15) is 5.00 Å². The van der Waals surface area contributed by atoms with Gasteiger partial charge in [-0.15, -0.1) is 16.4 Å². The molecule has 11 heteroatoms. The Hall–Kier alpha value is -1.98. The summed E-state index contributed by atoms with van der Waals surface area (Å²) in [5, 5.41) is 15.8. The van der Waals surface area contributed by atoms with Crippen LogP contribution in [0.15, 0.2) is 5.16 Å². The zero-order valence-corrected chi connectivity index (χ0v) is 17.8. The molecular weight excluding hydrogens is 414 g/mol. The first-order chi connectivity index (χ1) is 14.2. The largest absolute Gasteiger partial charge is 0.465 e. The molecule has 0 bridgehead atoms. The third-order valence-electron chi connectivity index (χ3n) is 5.05. The summed E-state index contributed by atoms with van der Waals surface area (Å²) in [5.74, 6) is -0.451. The van der Waals surface area contributed by atoms with Gasteiger partial charge in [0, 0.05) is 11.5 Å². The summed E-state index contributed by atoms with van der Waals surface area (Å²) in [4.78, 5) is 26.0. The second-order valence-electron chi connectivity index (χ2n) is 7.02. The molecule has 1 aliphatic heterocycles. The van der Waals surface area contributed by atoms with Crippen LogP contribution in [0.25, 0.3) is 0 Å². The molecule has 2 aromatic rings. The van der Waals surface area contributed by atoms with E-state index in [4.69, 9.17) is 9.47 Å². The number of methoxy groups -OCH3 is 1. The van der Waals surface area contributed by atoms with E-state index in [-0.39, 0.29) is 17.8 Å². The van der Waals surface area contributed by atoms with Crippen LogP contribution in [0, 0.1) is 0 Å². The van der Waals surface area contributed by atoms with E-state index in [0.717, 1.165) is 50.7 Å². The lowest BCUT2D eigenvalue weighted by Gasteiger charge is -2.11. The van der Waals surface area contributed by atoms with Gasteiger partial charge in [-0.05, 0) is 54.5 Å². The van der Waals surface area contributed by atoms with Gasteiger partial charge in [-0.3, -0.25) is 4.79 Å². The van der Waals surface area contributed by atoms with Gasteiger partial charge in [0.15, 0.2) is 0 Å². The van der Waals surface area contributed by atoms with Gasteiger partial charge in [-0.25, -0.2) is 9.48 Å². The van der Waals surface area contributed by atoms with Crippen LogP contribution in [0.5, 0.6) is 0 Å². The Morgan fingerprint density at radius 2 is 2.21 bits per heavy atom. The number of hydrogen-bond donors (Lipinski definition) is 1. The van der Waals surface area contributed by atoms with Crippen LogP contribution in [0.3, 0.4) is 0 Å². The Labute approximate surface area is 176 Å². The first kappa shape index (κ1) is 20.3. The average molecular weight is 438 g/mol. The summed E-state index contributed by atoms with van der Waals surface area (Å²) in [7, 11) is 1.37. The first-order valence-electron chi connectivity index (χ1n) is 9.69. The number of esters is 1. The highest BCUT2D eigenvalue weighted by Crippen LogP contribution is 2.38. The quantitative estimate of drug-likeness (QED) is 0.519. The molecule has 1 saturated heterocycles. The summed E-state index contributed by atoms with van der Waals surface area (Å²) in [6, 6.07) is 0. The van der Waals surface area contributed by atoms with Crippen molar-refractivity contribution in [3.8, 4) is 0 Å². The van der Waals surface area contributed by atoms with Gasteiger partial charge in [0.25, 0.3) is 0 Å². The Kier molecular flexibility index (Phi) is 6.46. The summed E-state index contributed by atoms with van der Waals surface area (Å²) in [5.41, 5.74) is 1.53. The van der Waals surface area contributed by atoms with E-state index >= 15 is 0 Å². The van der Waals surface area contributed by atoms with Crippen molar-refractivity contribution in [1.82, 2.24) is 20.2 Å². The maximum absolute atomic E-state index is 12.6. The lowest BCUT2D eigenvalue weighted by atomic mass is 9.95. The third-order valence-corrected chi connectivity index (χ3v) is 7.21. The molecule has 1 amide bonds. The number of nitrogens with zero attached hydrogens (tertiary/aromatic N) is 4. The number of amides is 1. The van der Waals surface area contributed by atoms with Gasteiger partial charge < -0.3 is 14.8 Å². The van der Waals surface area contributed by atoms with E-state index in [1.165, 1.54) is 35.1 Å². The topological polar surface area (TPSA) is 108 Å². The van der Waals surface area contributed by atoms with Crippen molar-refractivity contribution in [2.24, 2.45) is 0 Å². The molecule has 0 spiro atoms. The Morgan fingerprint density at radius 1 is 1.34 bits per heavy atom. The molecule has 1 unspecified atom stereocenters. The molecule has 0 aromatic carbocycles. The van der Waals surface area contributed by atoms with E-state index < -0.39 is 5.97 Å². The van der Waals surface area contributed by atoms with Crippen molar-refractivity contribution >= 4 is 40.0 Å². The second kappa shape index (κ2) is 9.23.